The standard InChI is InChI=1S/C16H23NO2/c1-16(2)13-11-12(7-5-4-6-10-18)8-9-14(13)17(3)15(16)19/h8-9,11,18H,4-7,10H2,1-3H3. The molecule has 0 atom stereocenters. The summed E-state index contributed by atoms with van der Waals surface area (Å²) in [6.45, 7) is 4.26. The molecule has 3 heteroatoms. The van der Waals surface area contributed by atoms with E-state index in [9.17, 15) is 4.79 Å². The van der Waals surface area contributed by atoms with Gasteiger partial charge >= 0.3 is 0 Å². The molecule has 19 heavy (non-hydrogen) atoms. The second-order valence-corrected chi connectivity index (χ2v) is 5.87. The molecule has 1 aliphatic heterocycles. The lowest BCUT2D eigenvalue weighted by atomic mass is 9.85. The average Bonchev–Trinajstić information content (AvgIpc) is 2.57. The number of unbranched alkanes of at least 4 members (excludes halogenated alkanes) is 2. The molecule has 0 bridgehead atoms. The smallest absolute Gasteiger partial charge is 0.236 e. The molecule has 0 aromatic heterocycles. The fraction of sp³-hybridized carbons (Fsp3) is 0.562. The third-order valence-electron chi connectivity index (χ3n) is 4.06. The van der Waals surface area contributed by atoms with Crippen LogP contribution in [0.4, 0.5) is 5.69 Å². The summed E-state index contributed by atoms with van der Waals surface area (Å²) in [5, 5.41) is 8.77. The lowest BCUT2D eigenvalue weighted by Crippen LogP contribution is -2.33. The highest BCUT2D eigenvalue weighted by Crippen LogP contribution is 2.41. The summed E-state index contributed by atoms with van der Waals surface area (Å²) in [5.41, 5.74) is 3.05. The number of aliphatic hydroxyl groups is 1. The number of aryl methyl sites for hydroxylation is 1. The van der Waals surface area contributed by atoms with Crippen molar-refractivity contribution in [2.75, 3.05) is 18.6 Å². The fourth-order valence-corrected chi connectivity index (χ4v) is 2.79. The van der Waals surface area contributed by atoms with Crippen molar-refractivity contribution in [1.82, 2.24) is 0 Å². The number of carbonyl (C=O) groups is 1. The molecular weight excluding hydrogens is 238 g/mol. The molecular formula is C16H23NO2. The normalized spacial score (nSPS) is 16.8. The van der Waals surface area contributed by atoms with Gasteiger partial charge in [-0.25, -0.2) is 0 Å². The lowest BCUT2D eigenvalue weighted by Gasteiger charge is -2.16. The summed E-state index contributed by atoms with van der Waals surface area (Å²) >= 11 is 0. The molecule has 1 amide bonds. The van der Waals surface area contributed by atoms with Gasteiger partial charge < -0.3 is 10.0 Å². The number of carbonyl (C=O) groups excluding carboxylic acids is 1. The molecule has 0 aliphatic carbocycles. The van der Waals surface area contributed by atoms with Gasteiger partial charge in [-0.3, -0.25) is 4.79 Å². The zero-order chi connectivity index (χ0) is 14.0. The minimum Gasteiger partial charge on any atom is -0.396 e. The zero-order valence-corrected chi connectivity index (χ0v) is 12.1. The third kappa shape index (κ3) is 2.52. The van der Waals surface area contributed by atoms with Crippen LogP contribution in [0.5, 0.6) is 0 Å². The molecule has 0 unspecified atom stereocenters. The van der Waals surface area contributed by atoms with E-state index < -0.39 is 5.41 Å². The summed E-state index contributed by atoms with van der Waals surface area (Å²) in [5.74, 6) is 0.167. The second kappa shape index (κ2) is 5.33. The maximum atomic E-state index is 12.2. The molecule has 1 aliphatic rings. The van der Waals surface area contributed by atoms with Crippen LogP contribution in [-0.4, -0.2) is 24.7 Å². The van der Waals surface area contributed by atoms with Crippen LogP contribution in [0.3, 0.4) is 0 Å². The summed E-state index contributed by atoms with van der Waals surface area (Å²) in [6.07, 6.45) is 4.03. The van der Waals surface area contributed by atoms with Crippen molar-refractivity contribution >= 4 is 11.6 Å². The van der Waals surface area contributed by atoms with E-state index in [4.69, 9.17) is 5.11 Å². The Morgan fingerprint density at radius 1 is 1.21 bits per heavy atom. The number of anilines is 1. The number of rotatable bonds is 5. The number of hydrogen-bond donors (Lipinski definition) is 1. The van der Waals surface area contributed by atoms with Crippen LogP contribution >= 0.6 is 0 Å². The average molecular weight is 261 g/mol. The van der Waals surface area contributed by atoms with Crippen LogP contribution in [0.25, 0.3) is 0 Å². The maximum Gasteiger partial charge on any atom is 0.236 e. The molecule has 0 spiro atoms. The van der Waals surface area contributed by atoms with Crippen molar-refractivity contribution in [2.24, 2.45) is 0 Å². The van der Waals surface area contributed by atoms with Crippen molar-refractivity contribution in [2.45, 2.75) is 44.9 Å². The summed E-state index contributed by atoms with van der Waals surface area (Å²) in [4.78, 5) is 13.9. The maximum absolute atomic E-state index is 12.2. The van der Waals surface area contributed by atoms with E-state index in [1.807, 2.05) is 20.9 Å². The third-order valence-corrected chi connectivity index (χ3v) is 4.06. The molecule has 2 rings (SSSR count). The van der Waals surface area contributed by atoms with Crippen molar-refractivity contribution in [3.63, 3.8) is 0 Å². The van der Waals surface area contributed by atoms with Crippen molar-refractivity contribution < 1.29 is 9.90 Å². The molecule has 3 nitrogen and oxygen atoms in total. The monoisotopic (exact) mass is 261 g/mol. The summed E-state index contributed by atoms with van der Waals surface area (Å²) in [6, 6.07) is 6.35. The van der Waals surface area contributed by atoms with E-state index in [-0.39, 0.29) is 12.5 Å². The van der Waals surface area contributed by atoms with Gasteiger partial charge in [-0.2, -0.15) is 0 Å². The molecule has 104 valence electrons. The minimum atomic E-state index is -0.412. The number of hydrogen-bond acceptors (Lipinski definition) is 2. The minimum absolute atomic E-state index is 0.167. The Labute approximate surface area is 115 Å². The van der Waals surface area contributed by atoms with Gasteiger partial charge in [-0.05, 0) is 50.3 Å². The fourth-order valence-electron chi connectivity index (χ4n) is 2.79. The quantitative estimate of drug-likeness (QED) is 0.828. The molecule has 0 fully saturated rings. The van der Waals surface area contributed by atoms with Crippen LogP contribution in [0.15, 0.2) is 18.2 Å². The van der Waals surface area contributed by atoms with E-state index >= 15 is 0 Å². The van der Waals surface area contributed by atoms with Crippen LogP contribution in [0, 0.1) is 0 Å². The Morgan fingerprint density at radius 2 is 1.95 bits per heavy atom. The summed E-state index contributed by atoms with van der Waals surface area (Å²) in [7, 11) is 1.84. The largest absolute Gasteiger partial charge is 0.396 e. The van der Waals surface area contributed by atoms with Crippen LogP contribution in [0.2, 0.25) is 0 Å². The van der Waals surface area contributed by atoms with E-state index in [1.54, 1.807) is 4.90 Å². The number of nitrogens with zero attached hydrogens (tertiary/aromatic N) is 1. The van der Waals surface area contributed by atoms with E-state index in [1.165, 1.54) is 5.56 Å². The first-order valence-electron chi connectivity index (χ1n) is 7.01. The van der Waals surface area contributed by atoms with Gasteiger partial charge in [0.2, 0.25) is 5.91 Å². The number of fused-ring (bicyclic) bond motifs is 1. The SMILES string of the molecule is CN1C(=O)C(C)(C)c2cc(CCCCCO)ccc21. The van der Waals surface area contributed by atoms with Crippen LogP contribution < -0.4 is 4.90 Å². The Hall–Kier alpha value is -1.35. The van der Waals surface area contributed by atoms with Gasteiger partial charge in [-0.1, -0.05) is 18.6 Å². The van der Waals surface area contributed by atoms with Crippen LogP contribution in [0.1, 0.15) is 44.2 Å². The molecule has 0 saturated heterocycles. The Balaban J connectivity index is 2.16. The van der Waals surface area contributed by atoms with E-state index in [0.717, 1.165) is 36.9 Å². The summed E-state index contributed by atoms with van der Waals surface area (Å²) < 4.78 is 0. The van der Waals surface area contributed by atoms with E-state index in [2.05, 4.69) is 18.2 Å². The number of aliphatic hydroxyl groups excluding tert-OH is 1. The first-order chi connectivity index (χ1) is 8.98. The van der Waals surface area contributed by atoms with Crippen LogP contribution in [-0.2, 0) is 16.6 Å². The highest BCUT2D eigenvalue weighted by Gasteiger charge is 2.41. The Morgan fingerprint density at radius 3 is 2.63 bits per heavy atom. The van der Waals surface area contributed by atoms with Gasteiger partial charge in [0.15, 0.2) is 0 Å². The lowest BCUT2D eigenvalue weighted by molar-refractivity contribution is -0.121. The Kier molecular flexibility index (Phi) is 3.95. The predicted octanol–water partition coefficient (Wildman–Crippen LogP) is 2.65. The predicted molar refractivity (Wildman–Crippen MR) is 77.5 cm³/mol. The topological polar surface area (TPSA) is 40.5 Å². The molecule has 1 aromatic carbocycles. The highest BCUT2D eigenvalue weighted by molar-refractivity contribution is 6.07. The number of benzene rings is 1. The van der Waals surface area contributed by atoms with Gasteiger partial charge in [-0.15, -0.1) is 0 Å². The Bertz CT molecular complexity index is 480. The second-order valence-electron chi connectivity index (χ2n) is 5.87. The van der Waals surface area contributed by atoms with Gasteiger partial charge in [0, 0.05) is 19.3 Å². The zero-order valence-electron chi connectivity index (χ0n) is 12.1. The molecule has 1 N–H and O–H groups in total. The van der Waals surface area contributed by atoms with Gasteiger partial charge in [0.25, 0.3) is 0 Å². The first kappa shape index (κ1) is 14.1. The molecule has 1 aromatic rings. The molecule has 1 heterocycles. The molecule has 0 radical (unpaired) electrons. The first-order valence-corrected chi connectivity index (χ1v) is 7.01. The van der Waals surface area contributed by atoms with Crippen molar-refractivity contribution in [3.05, 3.63) is 29.3 Å². The molecule has 0 saturated carbocycles. The number of amides is 1. The van der Waals surface area contributed by atoms with E-state index in [0.29, 0.717) is 0 Å². The highest BCUT2D eigenvalue weighted by atomic mass is 16.2. The number of likely N-dealkylation sites (N-methyl/N-ethyl adjacent to an activating group) is 1. The van der Waals surface area contributed by atoms with Gasteiger partial charge in [0.05, 0.1) is 5.41 Å². The van der Waals surface area contributed by atoms with Gasteiger partial charge in [0.1, 0.15) is 0 Å². The van der Waals surface area contributed by atoms with Crippen molar-refractivity contribution in [1.29, 1.82) is 0 Å². The van der Waals surface area contributed by atoms with Crippen molar-refractivity contribution in [3.8, 4) is 0 Å².